The normalized spacial score (nSPS) is 11.2. The summed E-state index contributed by atoms with van der Waals surface area (Å²) in [7, 11) is 0.944. The molecule has 0 atom stereocenters. The molecular weight excluding hydrogens is 330 g/mol. The second-order valence-electron chi connectivity index (χ2n) is 5.17. The number of methoxy groups -OCH3 is 3. The third-order valence-electron chi connectivity index (χ3n) is 3.52. The van der Waals surface area contributed by atoms with E-state index in [1.54, 1.807) is 36.4 Å². The van der Waals surface area contributed by atoms with E-state index in [1.807, 2.05) is 6.92 Å². The Hall–Kier alpha value is -2.25. The van der Waals surface area contributed by atoms with Crippen molar-refractivity contribution in [2.45, 2.75) is 18.4 Å². The highest BCUT2D eigenvalue weighted by Gasteiger charge is 2.16. The van der Waals surface area contributed by atoms with E-state index in [0.29, 0.717) is 22.8 Å². The lowest BCUT2D eigenvalue weighted by atomic mass is 10.2. The summed E-state index contributed by atoms with van der Waals surface area (Å²) in [6.45, 7) is 2.01. The maximum Gasteiger partial charge on any atom is 0.240 e. The molecule has 2 aromatic carbocycles. The van der Waals surface area contributed by atoms with Crippen LogP contribution in [0.1, 0.15) is 11.1 Å². The molecule has 0 aromatic heterocycles. The van der Waals surface area contributed by atoms with Crippen LogP contribution < -0.4 is 18.9 Å². The summed E-state index contributed by atoms with van der Waals surface area (Å²) in [5, 5.41) is 0. The molecule has 0 bridgehead atoms. The largest absolute Gasteiger partial charge is 0.493 e. The number of hydrogen-bond acceptors (Lipinski definition) is 5. The molecule has 24 heavy (non-hydrogen) atoms. The summed E-state index contributed by atoms with van der Waals surface area (Å²) in [5.74, 6) is 1.41. The van der Waals surface area contributed by atoms with Crippen LogP contribution in [0.3, 0.4) is 0 Å². The van der Waals surface area contributed by atoms with Gasteiger partial charge in [0, 0.05) is 6.54 Å². The lowest BCUT2D eigenvalue weighted by molar-refractivity contribution is 0.323. The number of hydrogen-bond donors (Lipinski definition) is 1. The van der Waals surface area contributed by atoms with E-state index in [9.17, 15) is 8.42 Å². The first-order chi connectivity index (χ1) is 11.4. The molecule has 0 aliphatic carbocycles. The van der Waals surface area contributed by atoms with Gasteiger partial charge in [-0.25, -0.2) is 13.1 Å². The Morgan fingerprint density at radius 3 is 1.92 bits per heavy atom. The minimum Gasteiger partial charge on any atom is -0.493 e. The molecule has 0 unspecified atom stereocenters. The highest BCUT2D eigenvalue weighted by atomic mass is 32.2. The minimum absolute atomic E-state index is 0.104. The Morgan fingerprint density at radius 1 is 0.917 bits per heavy atom. The van der Waals surface area contributed by atoms with Crippen molar-refractivity contribution in [2.75, 3.05) is 21.3 Å². The molecule has 0 saturated carbocycles. The molecular formula is C17H21NO5S. The topological polar surface area (TPSA) is 73.9 Å². The summed E-state index contributed by atoms with van der Waals surface area (Å²) in [4.78, 5) is 0.223. The second-order valence-corrected chi connectivity index (χ2v) is 6.94. The van der Waals surface area contributed by atoms with Crippen molar-refractivity contribution in [1.82, 2.24) is 4.72 Å². The van der Waals surface area contributed by atoms with Gasteiger partial charge in [-0.3, -0.25) is 0 Å². The van der Waals surface area contributed by atoms with Crippen molar-refractivity contribution in [3.05, 3.63) is 47.5 Å². The van der Waals surface area contributed by atoms with Gasteiger partial charge >= 0.3 is 0 Å². The van der Waals surface area contributed by atoms with Crippen molar-refractivity contribution in [1.29, 1.82) is 0 Å². The number of ether oxygens (including phenoxy) is 3. The van der Waals surface area contributed by atoms with E-state index >= 15 is 0 Å². The third kappa shape index (κ3) is 3.98. The first kappa shape index (κ1) is 18.1. The molecule has 6 nitrogen and oxygen atoms in total. The number of rotatable bonds is 7. The number of aryl methyl sites for hydroxylation is 1. The third-order valence-corrected chi connectivity index (χ3v) is 4.94. The monoisotopic (exact) mass is 351 g/mol. The Bertz CT molecular complexity index is 775. The van der Waals surface area contributed by atoms with Gasteiger partial charge in [-0.05, 0) is 36.8 Å². The van der Waals surface area contributed by atoms with Crippen LogP contribution in [0.2, 0.25) is 0 Å². The smallest absolute Gasteiger partial charge is 0.240 e. The SMILES string of the molecule is COc1cc(CNS(=O)(=O)c2ccc(C)cc2)cc(OC)c1OC. The fourth-order valence-electron chi connectivity index (χ4n) is 2.22. The lowest BCUT2D eigenvalue weighted by Gasteiger charge is -2.14. The summed E-state index contributed by atoms with van der Waals surface area (Å²) in [6, 6.07) is 10.1. The predicted octanol–water partition coefficient (Wildman–Crippen LogP) is 2.50. The summed E-state index contributed by atoms with van der Waals surface area (Å²) >= 11 is 0. The van der Waals surface area contributed by atoms with Crippen molar-refractivity contribution in [3.8, 4) is 17.2 Å². The van der Waals surface area contributed by atoms with E-state index < -0.39 is 10.0 Å². The first-order valence-electron chi connectivity index (χ1n) is 7.26. The molecule has 0 fully saturated rings. The highest BCUT2D eigenvalue weighted by molar-refractivity contribution is 7.89. The molecule has 130 valence electrons. The van der Waals surface area contributed by atoms with Crippen molar-refractivity contribution < 1.29 is 22.6 Å². The standard InChI is InChI=1S/C17H21NO5S/c1-12-5-7-14(8-6-12)24(19,20)18-11-13-9-15(21-2)17(23-4)16(10-13)22-3/h5-10,18H,11H2,1-4H3. The van der Waals surface area contributed by atoms with Gasteiger partial charge in [0.2, 0.25) is 15.8 Å². The Labute approximate surface area is 142 Å². The zero-order valence-electron chi connectivity index (χ0n) is 14.1. The lowest BCUT2D eigenvalue weighted by Crippen LogP contribution is -2.23. The molecule has 0 spiro atoms. The molecule has 7 heteroatoms. The van der Waals surface area contributed by atoms with Crippen LogP contribution in [-0.4, -0.2) is 29.7 Å². The minimum atomic E-state index is -3.59. The van der Waals surface area contributed by atoms with Gasteiger partial charge in [0.15, 0.2) is 11.5 Å². The Balaban J connectivity index is 2.23. The fourth-order valence-corrected chi connectivity index (χ4v) is 3.23. The van der Waals surface area contributed by atoms with Gasteiger partial charge in [-0.2, -0.15) is 0 Å². The Kier molecular flexibility index (Phi) is 5.69. The molecule has 0 aliphatic rings. The van der Waals surface area contributed by atoms with Gasteiger partial charge in [-0.15, -0.1) is 0 Å². The van der Waals surface area contributed by atoms with E-state index in [1.165, 1.54) is 21.3 Å². The molecule has 0 aliphatic heterocycles. The van der Waals surface area contributed by atoms with Gasteiger partial charge in [0.05, 0.1) is 26.2 Å². The molecule has 2 rings (SSSR count). The maximum atomic E-state index is 12.4. The number of benzene rings is 2. The first-order valence-corrected chi connectivity index (χ1v) is 8.75. The van der Waals surface area contributed by atoms with Crippen LogP contribution in [0.25, 0.3) is 0 Å². The van der Waals surface area contributed by atoms with Crippen LogP contribution in [-0.2, 0) is 16.6 Å². The van der Waals surface area contributed by atoms with E-state index in [0.717, 1.165) is 5.56 Å². The summed E-state index contributed by atoms with van der Waals surface area (Å²) < 4.78 is 43.1. The predicted molar refractivity (Wildman–Crippen MR) is 91.3 cm³/mol. The van der Waals surface area contributed by atoms with E-state index in [4.69, 9.17) is 14.2 Å². The maximum absolute atomic E-state index is 12.4. The van der Waals surface area contributed by atoms with Crippen molar-refractivity contribution in [3.63, 3.8) is 0 Å². The molecule has 0 amide bonds. The van der Waals surface area contributed by atoms with Crippen LogP contribution in [0.4, 0.5) is 0 Å². The average Bonchev–Trinajstić information content (AvgIpc) is 2.59. The van der Waals surface area contributed by atoms with Crippen molar-refractivity contribution >= 4 is 10.0 Å². The molecule has 0 heterocycles. The van der Waals surface area contributed by atoms with Gasteiger partial charge in [0.25, 0.3) is 0 Å². The quantitative estimate of drug-likeness (QED) is 0.830. The van der Waals surface area contributed by atoms with Crippen molar-refractivity contribution in [2.24, 2.45) is 0 Å². The molecule has 1 N–H and O–H groups in total. The Morgan fingerprint density at radius 2 is 1.46 bits per heavy atom. The molecule has 0 saturated heterocycles. The number of nitrogens with one attached hydrogen (secondary N) is 1. The van der Waals surface area contributed by atoms with Crippen LogP contribution in [0.15, 0.2) is 41.3 Å². The summed E-state index contributed by atoms with van der Waals surface area (Å²) in [6.07, 6.45) is 0. The fraction of sp³-hybridized carbons (Fsp3) is 0.294. The second kappa shape index (κ2) is 7.55. The zero-order chi connectivity index (χ0) is 17.7. The highest BCUT2D eigenvalue weighted by Crippen LogP contribution is 2.38. The van der Waals surface area contributed by atoms with Gasteiger partial charge < -0.3 is 14.2 Å². The van der Waals surface area contributed by atoms with E-state index in [2.05, 4.69) is 4.72 Å². The van der Waals surface area contributed by atoms with Crippen LogP contribution in [0.5, 0.6) is 17.2 Å². The summed E-state index contributed by atoms with van der Waals surface area (Å²) in [5.41, 5.74) is 1.69. The molecule has 0 radical (unpaired) electrons. The molecule has 2 aromatic rings. The van der Waals surface area contributed by atoms with Gasteiger partial charge in [0.1, 0.15) is 0 Å². The van der Waals surface area contributed by atoms with Crippen LogP contribution in [0, 0.1) is 6.92 Å². The van der Waals surface area contributed by atoms with Gasteiger partial charge in [-0.1, -0.05) is 17.7 Å². The average molecular weight is 351 g/mol. The number of sulfonamides is 1. The van der Waals surface area contributed by atoms with Crippen LogP contribution >= 0.6 is 0 Å². The zero-order valence-corrected chi connectivity index (χ0v) is 14.9. The van der Waals surface area contributed by atoms with E-state index in [-0.39, 0.29) is 11.4 Å².